The molecule has 0 radical (unpaired) electrons. The Labute approximate surface area is 371 Å². The first-order chi connectivity index (χ1) is 30.3. The SMILES string of the molecule is COCCCOc1ccc2nc(C(F)(F)F)c3c(c2c1)CC[C@]1(C[C@H]2C(=O)N[C@]4(C(=O)NS(=O)(=O)C5(C)CC5)CC[C@H]4/C=C\CCCCC[C@H](NC(=O)OC4(C)CCC4)C(=O)N2C1)O3. The second-order valence-electron chi connectivity index (χ2n) is 19.1. The lowest BCUT2D eigenvalue weighted by Crippen LogP contribution is -2.70. The highest BCUT2D eigenvalue weighted by Crippen LogP contribution is 2.50. The summed E-state index contributed by atoms with van der Waals surface area (Å²) in [6.07, 6.45) is 4.65. The molecule has 1 aromatic heterocycles. The van der Waals surface area contributed by atoms with Gasteiger partial charge in [0.25, 0.3) is 5.91 Å². The van der Waals surface area contributed by atoms with Crippen molar-refractivity contribution in [2.45, 2.75) is 156 Å². The molecule has 3 N–H and O–H groups in total. The van der Waals surface area contributed by atoms with Crippen molar-refractivity contribution in [3.63, 3.8) is 0 Å². The second kappa shape index (κ2) is 17.3. The number of carbonyl (C=O) groups is 4. The van der Waals surface area contributed by atoms with Gasteiger partial charge in [-0.2, -0.15) is 13.2 Å². The second-order valence-corrected chi connectivity index (χ2v) is 21.3. The van der Waals surface area contributed by atoms with Crippen molar-refractivity contribution in [3.8, 4) is 11.5 Å². The fraction of sp³-hybridized carbons (Fsp3) is 0.667. The van der Waals surface area contributed by atoms with Crippen LogP contribution in [0.3, 0.4) is 0 Å². The van der Waals surface area contributed by atoms with E-state index in [0.717, 1.165) is 6.42 Å². The first-order valence-corrected chi connectivity index (χ1v) is 24.0. The molecule has 6 aliphatic rings. The van der Waals surface area contributed by atoms with Gasteiger partial charge in [0.05, 0.1) is 23.4 Å². The van der Waals surface area contributed by atoms with Crippen LogP contribution in [0.5, 0.6) is 11.5 Å². The van der Waals surface area contributed by atoms with Gasteiger partial charge < -0.3 is 34.5 Å². The van der Waals surface area contributed by atoms with Crippen LogP contribution in [-0.2, 0) is 46.5 Å². The van der Waals surface area contributed by atoms with E-state index in [1.807, 2.05) is 19.1 Å². The van der Waals surface area contributed by atoms with Gasteiger partial charge in [0.15, 0.2) is 11.4 Å². The van der Waals surface area contributed by atoms with E-state index in [-0.39, 0.29) is 49.7 Å². The van der Waals surface area contributed by atoms with Crippen LogP contribution in [0, 0.1) is 5.92 Å². The van der Waals surface area contributed by atoms with Crippen LogP contribution < -0.4 is 24.8 Å². The van der Waals surface area contributed by atoms with E-state index < -0.39 is 90.9 Å². The Morgan fingerprint density at radius 3 is 2.47 bits per heavy atom. The van der Waals surface area contributed by atoms with Crippen molar-refractivity contribution in [3.05, 3.63) is 41.6 Å². The van der Waals surface area contributed by atoms with Crippen molar-refractivity contribution in [2.24, 2.45) is 5.92 Å². The number of sulfonamides is 1. The van der Waals surface area contributed by atoms with E-state index in [1.54, 1.807) is 26.2 Å². The van der Waals surface area contributed by atoms with Crippen molar-refractivity contribution in [2.75, 3.05) is 26.9 Å². The van der Waals surface area contributed by atoms with E-state index in [9.17, 15) is 40.8 Å². The van der Waals surface area contributed by atoms with Crippen LogP contribution in [0.1, 0.15) is 121 Å². The Bertz CT molecular complexity index is 2320. The van der Waals surface area contributed by atoms with Crippen LogP contribution in [0.2, 0.25) is 0 Å². The molecule has 1 spiro atoms. The minimum Gasteiger partial charge on any atom is -0.493 e. The highest BCUT2D eigenvalue weighted by Gasteiger charge is 2.60. The Hall–Kier alpha value is -4.65. The van der Waals surface area contributed by atoms with Crippen molar-refractivity contribution < 1.29 is 59.7 Å². The van der Waals surface area contributed by atoms with E-state index in [0.29, 0.717) is 88.6 Å². The van der Waals surface area contributed by atoms with Gasteiger partial charge in [0.1, 0.15) is 34.6 Å². The third-order valence-electron chi connectivity index (χ3n) is 14.3. The number of halogens is 3. The van der Waals surface area contributed by atoms with E-state index in [4.69, 9.17) is 18.9 Å². The Morgan fingerprint density at radius 2 is 1.80 bits per heavy atom. The highest BCUT2D eigenvalue weighted by molar-refractivity contribution is 7.91. The summed E-state index contributed by atoms with van der Waals surface area (Å²) >= 11 is 0. The van der Waals surface area contributed by atoms with Crippen molar-refractivity contribution >= 4 is 44.7 Å². The standard InChI is InChI=1S/C45H58F3N5O10S/c1-41(17-9-18-41)63-40(57)50-33-12-8-6-4-5-7-11-28-15-20-44(28,39(56)52-64(58,59)42(2)21-22-42)51-37(54)34-26-43(27-53(34)38(33)55)19-16-30-31-25-29(61-24-10-23-60-3)13-14-32(31)49-36(35(30)62-43)45(46,47)48/h7,11,13-14,25,28,33-34H,4-6,8-10,12,15-24,26-27H2,1-3H3,(H,50,57)(H,51,54)(H,52,56)/b11-7-/t28-,33+,34+,43-,44-/m1/s1. The average molecular weight is 918 g/mol. The van der Waals surface area contributed by atoms with E-state index in [1.165, 1.54) is 11.0 Å². The van der Waals surface area contributed by atoms with Crippen LogP contribution in [0.15, 0.2) is 30.4 Å². The van der Waals surface area contributed by atoms with Crippen LogP contribution in [-0.4, -0.2) is 103 Å². The lowest BCUT2D eigenvalue weighted by Gasteiger charge is -2.48. The summed E-state index contributed by atoms with van der Waals surface area (Å²) in [5.41, 5.74) is -4.84. The van der Waals surface area contributed by atoms with Gasteiger partial charge in [-0.15, -0.1) is 0 Å². The first-order valence-electron chi connectivity index (χ1n) is 22.5. The molecule has 3 saturated carbocycles. The Morgan fingerprint density at radius 1 is 1.02 bits per heavy atom. The number of fused-ring (bicyclic) bond motifs is 5. The number of nitrogens with one attached hydrogen (secondary N) is 3. The molecule has 0 unspecified atom stereocenters. The number of hydrogen-bond donors (Lipinski definition) is 3. The van der Waals surface area contributed by atoms with Gasteiger partial charge in [0, 0.05) is 43.4 Å². The molecule has 4 heterocycles. The summed E-state index contributed by atoms with van der Waals surface area (Å²) in [5, 5.41) is 6.03. The number of aromatic nitrogens is 1. The highest BCUT2D eigenvalue weighted by atomic mass is 32.2. The third kappa shape index (κ3) is 8.99. The molecular formula is C45H58F3N5O10S. The number of ether oxygens (including phenoxy) is 4. The summed E-state index contributed by atoms with van der Waals surface area (Å²) in [4.78, 5) is 62.7. The zero-order valence-corrected chi connectivity index (χ0v) is 37.4. The number of alkyl halides is 3. The topological polar surface area (TPSA) is 192 Å². The zero-order valence-electron chi connectivity index (χ0n) is 36.6. The predicted octanol–water partition coefficient (Wildman–Crippen LogP) is 6.15. The average Bonchev–Trinajstić information content (AvgIpc) is 3.89. The summed E-state index contributed by atoms with van der Waals surface area (Å²) < 4.78 is 96.0. The maximum atomic E-state index is 15.0. The molecule has 350 valence electrons. The molecule has 64 heavy (non-hydrogen) atoms. The number of amides is 4. The minimum atomic E-state index is -4.95. The number of carbonyl (C=O) groups excluding carboxylic acids is 4. The molecule has 0 bridgehead atoms. The van der Waals surface area contributed by atoms with Crippen molar-refractivity contribution in [1.82, 2.24) is 25.2 Å². The number of aryl methyl sites for hydroxylation is 1. The zero-order chi connectivity index (χ0) is 45.7. The van der Waals surface area contributed by atoms with E-state index >= 15 is 0 Å². The third-order valence-corrected chi connectivity index (χ3v) is 16.5. The van der Waals surface area contributed by atoms with Gasteiger partial charge in [-0.1, -0.05) is 25.0 Å². The molecule has 5 atom stereocenters. The molecular weight excluding hydrogens is 860 g/mol. The Kier molecular flexibility index (Phi) is 12.4. The molecule has 3 aliphatic carbocycles. The largest absolute Gasteiger partial charge is 0.493 e. The number of hydrogen-bond acceptors (Lipinski definition) is 11. The summed E-state index contributed by atoms with van der Waals surface area (Å²) in [6.45, 7) is 3.79. The molecule has 8 rings (SSSR count). The van der Waals surface area contributed by atoms with E-state index in [2.05, 4.69) is 20.3 Å². The fourth-order valence-corrected chi connectivity index (χ4v) is 11.0. The normalized spacial score (nSPS) is 29.2. The molecule has 1 saturated heterocycles. The lowest BCUT2D eigenvalue weighted by molar-refractivity contribution is -0.145. The molecule has 15 nitrogen and oxygen atoms in total. The molecule has 4 fully saturated rings. The quantitative estimate of drug-likeness (QED) is 0.183. The number of benzene rings is 1. The molecule has 19 heteroatoms. The number of methoxy groups -OCH3 is 1. The van der Waals surface area contributed by atoms with Gasteiger partial charge in [-0.05, 0) is 109 Å². The number of pyridine rings is 1. The van der Waals surface area contributed by atoms with Crippen LogP contribution in [0.25, 0.3) is 10.9 Å². The lowest BCUT2D eigenvalue weighted by atomic mass is 9.65. The monoisotopic (exact) mass is 917 g/mol. The first kappa shape index (κ1) is 45.9. The smallest absolute Gasteiger partial charge is 0.437 e. The summed E-state index contributed by atoms with van der Waals surface area (Å²) in [7, 11) is -2.55. The Balaban J connectivity index is 1.16. The number of allylic oxidation sites excluding steroid dienone is 1. The summed E-state index contributed by atoms with van der Waals surface area (Å²) in [6, 6.07) is 2.07. The maximum Gasteiger partial charge on any atom is 0.437 e. The minimum absolute atomic E-state index is 0.0589. The summed E-state index contributed by atoms with van der Waals surface area (Å²) in [5.74, 6) is -3.03. The fourth-order valence-electron chi connectivity index (χ4n) is 9.73. The van der Waals surface area contributed by atoms with Gasteiger partial charge in [-0.3, -0.25) is 19.1 Å². The van der Waals surface area contributed by atoms with Crippen molar-refractivity contribution in [1.29, 1.82) is 0 Å². The van der Waals surface area contributed by atoms with Gasteiger partial charge in [0.2, 0.25) is 21.8 Å². The molecule has 2 aromatic rings. The molecule has 4 amide bonds. The van der Waals surface area contributed by atoms with Crippen LogP contribution in [0.4, 0.5) is 18.0 Å². The number of nitrogens with zero attached hydrogens (tertiary/aromatic N) is 2. The molecule has 1 aromatic carbocycles. The molecule has 3 aliphatic heterocycles. The predicted molar refractivity (Wildman–Crippen MR) is 227 cm³/mol. The number of alkyl carbamates (subject to hydrolysis) is 1. The van der Waals surface area contributed by atoms with Crippen LogP contribution >= 0.6 is 0 Å². The maximum absolute atomic E-state index is 15.0. The van der Waals surface area contributed by atoms with Gasteiger partial charge in [-0.25, -0.2) is 18.2 Å². The van der Waals surface area contributed by atoms with Gasteiger partial charge >= 0.3 is 12.3 Å². The number of rotatable bonds is 10.